The summed E-state index contributed by atoms with van der Waals surface area (Å²) >= 11 is 0. The van der Waals surface area contributed by atoms with Gasteiger partial charge < -0.3 is 10.4 Å². The van der Waals surface area contributed by atoms with Crippen molar-refractivity contribution in [3.05, 3.63) is 23.5 Å². The third-order valence-electron chi connectivity index (χ3n) is 1.92. The van der Waals surface area contributed by atoms with Gasteiger partial charge in [-0.2, -0.15) is 0 Å². The van der Waals surface area contributed by atoms with Crippen molar-refractivity contribution in [3.63, 3.8) is 0 Å². The standard InChI is InChI=1S/C9H9FN2O5S/c1-4(13)12-7-3-6(10)8(18(11,16)17)2-5(7)9(14)15/h2-3H,1H3,(H,12,13)(H,14,15)(H2,11,16,17). The Balaban J connectivity index is 3.54. The average molecular weight is 276 g/mol. The lowest BCUT2D eigenvalue weighted by Crippen LogP contribution is -2.17. The highest BCUT2D eigenvalue weighted by molar-refractivity contribution is 7.89. The molecular formula is C9H9FN2O5S. The van der Waals surface area contributed by atoms with Crippen LogP contribution in [0.25, 0.3) is 0 Å². The number of amides is 1. The van der Waals surface area contributed by atoms with Gasteiger partial charge in [0.1, 0.15) is 10.7 Å². The van der Waals surface area contributed by atoms with Crippen LogP contribution in [-0.2, 0) is 14.8 Å². The smallest absolute Gasteiger partial charge is 0.337 e. The molecule has 0 radical (unpaired) electrons. The number of nitrogens with two attached hydrogens (primary N) is 1. The van der Waals surface area contributed by atoms with E-state index < -0.39 is 38.2 Å². The number of carbonyl (C=O) groups excluding carboxylic acids is 1. The van der Waals surface area contributed by atoms with Gasteiger partial charge in [0.2, 0.25) is 15.9 Å². The van der Waals surface area contributed by atoms with Crippen molar-refractivity contribution in [2.75, 3.05) is 5.32 Å². The zero-order valence-electron chi connectivity index (χ0n) is 9.10. The minimum atomic E-state index is -4.39. The normalized spacial score (nSPS) is 11.1. The molecule has 0 aliphatic heterocycles. The molecule has 0 saturated heterocycles. The van der Waals surface area contributed by atoms with Gasteiger partial charge in [-0.25, -0.2) is 22.7 Å². The third-order valence-corrected chi connectivity index (χ3v) is 2.85. The number of benzene rings is 1. The number of sulfonamides is 1. The van der Waals surface area contributed by atoms with E-state index in [9.17, 15) is 22.4 Å². The van der Waals surface area contributed by atoms with Gasteiger partial charge >= 0.3 is 5.97 Å². The molecule has 0 unspecified atom stereocenters. The van der Waals surface area contributed by atoms with Crippen molar-refractivity contribution in [2.45, 2.75) is 11.8 Å². The van der Waals surface area contributed by atoms with Crippen LogP contribution in [-0.4, -0.2) is 25.4 Å². The minimum Gasteiger partial charge on any atom is -0.478 e. The Hall–Kier alpha value is -2.00. The highest BCUT2D eigenvalue weighted by Gasteiger charge is 2.21. The van der Waals surface area contributed by atoms with Crippen molar-refractivity contribution in [3.8, 4) is 0 Å². The van der Waals surface area contributed by atoms with E-state index in [4.69, 9.17) is 10.2 Å². The number of anilines is 1. The highest BCUT2D eigenvalue weighted by atomic mass is 32.2. The molecule has 0 saturated carbocycles. The monoisotopic (exact) mass is 276 g/mol. The Kier molecular flexibility index (Phi) is 3.67. The molecule has 7 nitrogen and oxygen atoms in total. The van der Waals surface area contributed by atoms with Gasteiger partial charge in [0.15, 0.2) is 0 Å². The van der Waals surface area contributed by atoms with E-state index in [1.807, 2.05) is 0 Å². The third kappa shape index (κ3) is 3.02. The maximum atomic E-state index is 13.4. The van der Waals surface area contributed by atoms with Gasteiger partial charge in [-0.1, -0.05) is 0 Å². The van der Waals surface area contributed by atoms with Crippen molar-refractivity contribution in [2.24, 2.45) is 5.14 Å². The first-order valence-electron chi connectivity index (χ1n) is 4.50. The first-order valence-corrected chi connectivity index (χ1v) is 6.05. The Bertz CT molecular complexity index is 626. The van der Waals surface area contributed by atoms with Gasteiger partial charge in [-0.3, -0.25) is 4.79 Å². The predicted molar refractivity (Wildman–Crippen MR) is 59.0 cm³/mol. The number of rotatable bonds is 3. The number of halogens is 1. The summed E-state index contributed by atoms with van der Waals surface area (Å²) in [6.07, 6.45) is 0. The van der Waals surface area contributed by atoms with E-state index >= 15 is 0 Å². The molecule has 0 heterocycles. The fourth-order valence-corrected chi connectivity index (χ4v) is 1.85. The number of hydrogen-bond donors (Lipinski definition) is 3. The fraction of sp³-hybridized carbons (Fsp3) is 0.111. The topological polar surface area (TPSA) is 127 Å². The quantitative estimate of drug-likeness (QED) is 0.723. The molecule has 9 heteroatoms. The second kappa shape index (κ2) is 4.70. The lowest BCUT2D eigenvalue weighted by Gasteiger charge is -2.09. The number of aromatic carboxylic acids is 1. The van der Waals surface area contributed by atoms with Crippen molar-refractivity contribution in [1.82, 2.24) is 0 Å². The Labute approximate surface area is 101 Å². The van der Waals surface area contributed by atoms with Gasteiger partial charge in [0.05, 0.1) is 11.3 Å². The fourth-order valence-electron chi connectivity index (χ4n) is 1.24. The van der Waals surface area contributed by atoms with Crippen LogP contribution in [0.2, 0.25) is 0 Å². The van der Waals surface area contributed by atoms with E-state index in [2.05, 4.69) is 5.32 Å². The molecule has 0 aliphatic carbocycles. The van der Waals surface area contributed by atoms with Gasteiger partial charge in [-0.05, 0) is 12.1 Å². The summed E-state index contributed by atoms with van der Waals surface area (Å²) in [6.45, 7) is 1.09. The van der Waals surface area contributed by atoms with Crippen molar-refractivity contribution < 1.29 is 27.5 Å². The number of primary sulfonamides is 1. The molecular weight excluding hydrogens is 267 g/mol. The summed E-state index contributed by atoms with van der Waals surface area (Å²) in [7, 11) is -4.39. The first-order chi connectivity index (χ1) is 8.12. The number of carbonyl (C=O) groups is 2. The SMILES string of the molecule is CC(=O)Nc1cc(F)c(S(N)(=O)=O)cc1C(=O)O. The maximum Gasteiger partial charge on any atom is 0.337 e. The van der Waals surface area contributed by atoms with E-state index in [1.165, 1.54) is 0 Å². The summed E-state index contributed by atoms with van der Waals surface area (Å²) in [6, 6.07) is 1.14. The van der Waals surface area contributed by atoms with E-state index in [0.717, 1.165) is 6.92 Å². The van der Waals surface area contributed by atoms with Crippen LogP contribution in [0.15, 0.2) is 17.0 Å². The van der Waals surface area contributed by atoms with Crippen LogP contribution in [0.4, 0.5) is 10.1 Å². The van der Waals surface area contributed by atoms with Crippen molar-refractivity contribution in [1.29, 1.82) is 0 Å². The molecule has 0 aliphatic rings. The Morgan fingerprint density at radius 1 is 1.39 bits per heavy atom. The number of nitrogens with one attached hydrogen (secondary N) is 1. The molecule has 0 bridgehead atoms. The zero-order valence-corrected chi connectivity index (χ0v) is 9.91. The van der Waals surface area contributed by atoms with Crippen LogP contribution in [0, 0.1) is 5.82 Å². The lowest BCUT2D eigenvalue weighted by molar-refractivity contribution is -0.114. The molecule has 0 atom stereocenters. The largest absolute Gasteiger partial charge is 0.478 e. The molecule has 1 amide bonds. The summed E-state index contributed by atoms with van der Waals surface area (Å²) in [5.74, 6) is -3.39. The van der Waals surface area contributed by atoms with Gasteiger partial charge in [0, 0.05) is 6.92 Å². The maximum absolute atomic E-state index is 13.4. The average Bonchev–Trinajstić information content (AvgIpc) is 2.13. The molecule has 4 N–H and O–H groups in total. The number of hydrogen-bond acceptors (Lipinski definition) is 4. The molecule has 18 heavy (non-hydrogen) atoms. The summed E-state index contributed by atoms with van der Waals surface area (Å²) in [5, 5.41) is 15.7. The zero-order chi connectivity index (χ0) is 14.1. The molecule has 98 valence electrons. The summed E-state index contributed by atoms with van der Waals surface area (Å²) < 4.78 is 35.5. The second-order valence-corrected chi connectivity index (χ2v) is 4.89. The molecule has 1 aromatic carbocycles. The van der Waals surface area contributed by atoms with Gasteiger partial charge in [-0.15, -0.1) is 0 Å². The summed E-state index contributed by atoms with van der Waals surface area (Å²) in [4.78, 5) is 20.7. The predicted octanol–water partition coefficient (Wildman–Crippen LogP) is 0.130. The first kappa shape index (κ1) is 14.1. The molecule has 1 rings (SSSR count). The van der Waals surface area contributed by atoms with E-state index in [1.54, 1.807) is 0 Å². The van der Waals surface area contributed by atoms with Crippen LogP contribution >= 0.6 is 0 Å². The van der Waals surface area contributed by atoms with Crippen LogP contribution in [0.5, 0.6) is 0 Å². The Morgan fingerprint density at radius 2 is 1.94 bits per heavy atom. The van der Waals surface area contributed by atoms with Crippen LogP contribution in [0.1, 0.15) is 17.3 Å². The van der Waals surface area contributed by atoms with Gasteiger partial charge in [0.25, 0.3) is 0 Å². The molecule has 0 fully saturated rings. The molecule has 0 aromatic heterocycles. The van der Waals surface area contributed by atoms with Crippen molar-refractivity contribution >= 4 is 27.6 Å². The number of carboxylic acid groups (broad SMARTS) is 1. The van der Waals surface area contributed by atoms with Crippen LogP contribution < -0.4 is 10.5 Å². The minimum absolute atomic E-state index is 0.347. The lowest BCUT2D eigenvalue weighted by atomic mass is 10.1. The Morgan fingerprint density at radius 3 is 2.33 bits per heavy atom. The van der Waals surface area contributed by atoms with E-state index in [-0.39, 0.29) is 5.69 Å². The van der Waals surface area contributed by atoms with Crippen LogP contribution in [0.3, 0.4) is 0 Å². The molecule has 0 spiro atoms. The highest BCUT2D eigenvalue weighted by Crippen LogP contribution is 2.23. The van der Waals surface area contributed by atoms with E-state index in [0.29, 0.717) is 12.1 Å². The molecule has 1 aromatic rings. The number of carboxylic acids is 1. The second-order valence-electron chi connectivity index (χ2n) is 3.36. The summed E-state index contributed by atoms with van der Waals surface area (Å²) in [5.41, 5.74) is -0.921.